The zero-order valence-corrected chi connectivity index (χ0v) is 22.4. The number of fused-ring (bicyclic) bond motifs is 1. The van der Waals surface area contributed by atoms with E-state index in [0.29, 0.717) is 51.7 Å². The number of methoxy groups -OCH3 is 1. The standard InChI is InChI=1S/C29H30ClN3O4/c1-29(2,3)27-11-17(16-33-27)10-19(34)12-18-6-7-20(13-23(18)30)37-25-8-9-32-24-15-26(36-5)22(14-21(24)25)28(35)31-4/h6-9,11,13-15H,10,12,16H2,1-5H3,(H,31,35). The van der Waals surface area contributed by atoms with Crippen LogP contribution in [0.3, 0.4) is 0 Å². The Labute approximate surface area is 221 Å². The fourth-order valence-corrected chi connectivity index (χ4v) is 4.38. The van der Waals surface area contributed by atoms with Gasteiger partial charge in [-0.1, -0.05) is 38.4 Å². The van der Waals surface area contributed by atoms with E-state index in [4.69, 9.17) is 21.1 Å². The lowest BCUT2D eigenvalue weighted by Crippen LogP contribution is -2.18. The summed E-state index contributed by atoms with van der Waals surface area (Å²) in [6.07, 6.45) is 4.25. The smallest absolute Gasteiger partial charge is 0.254 e. The van der Waals surface area contributed by atoms with Crippen molar-refractivity contribution in [3.8, 4) is 17.2 Å². The molecule has 2 aromatic carbocycles. The van der Waals surface area contributed by atoms with Gasteiger partial charge in [-0.25, -0.2) is 0 Å². The lowest BCUT2D eigenvalue weighted by molar-refractivity contribution is -0.117. The predicted molar refractivity (Wildman–Crippen MR) is 146 cm³/mol. The van der Waals surface area contributed by atoms with Crippen LogP contribution in [0.4, 0.5) is 0 Å². The Morgan fingerprint density at radius 2 is 1.86 bits per heavy atom. The van der Waals surface area contributed by atoms with Gasteiger partial charge in [0.25, 0.3) is 5.91 Å². The Balaban J connectivity index is 1.50. The Hall–Kier alpha value is -3.71. The fraction of sp³-hybridized carbons (Fsp3) is 0.310. The molecule has 1 aromatic heterocycles. The number of ketones is 1. The van der Waals surface area contributed by atoms with Crippen LogP contribution in [0.15, 0.2) is 59.2 Å². The molecule has 3 aromatic rings. The molecule has 4 rings (SSSR count). The van der Waals surface area contributed by atoms with E-state index < -0.39 is 0 Å². The number of carbonyl (C=O) groups excluding carboxylic acids is 2. The first-order valence-electron chi connectivity index (χ1n) is 12.0. The van der Waals surface area contributed by atoms with Gasteiger partial charge in [0.2, 0.25) is 0 Å². The summed E-state index contributed by atoms with van der Waals surface area (Å²) in [5, 5.41) is 3.72. The van der Waals surface area contributed by atoms with Crippen LogP contribution in [-0.4, -0.2) is 43.1 Å². The second kappa shape index (κ2) is 10.7. The summed E-state index contributed by atoms with van der Waals surface area (Å²) in [6.45, 7) is 6.92. The molecular formula is C29H30ClN3O4. The molecule has 7 nitrogen and oxygen atoms in total. The number of hydrogen-bond acceptors (Lipinski definition) is 6. The highest BCUT2D eigenvalue weighted by atomic mass is 35.5. The van der Waals surface area contributed by atoms with Gasteiger partial charge in [0.1, 0.15) is 23.0 Å². The summed E-state index contributed by atoms with van der Waals surface area (Å²) in [5.74, 6) is 1.25. The van der Waals surface area contributed by atoms with Crippen LogP contribution >= 0.6 is 11.6 Å². The molecule has 0 bridgehead atoms. The Bertz CT molecular complexity index is 1440. The number of nitrogens with one attached hydrogen (secondary N) is 1. The van der Waals surface area contributed by atoms with Gasteiger partial charge in [0, 0.05) is 53.7 Å². The summed E-state index contributed by atoms with van der Waals surface area (Å²) in [7, 11) is 3.06. The lowest BCUT2D eigenvalue weighted by atomic mass is 9.89. The van der Waals surface area contributed by atoms with Gasteiger partial charge in [-0.3, -0.25) is 19.6 Å². The van der Waals surface area contributed by atoms with E-state index in [-0.39, 0.29) is 23.5 Å². The third kappa shape index (κ3) is 6.00. The molecule has 1 aliphatic heterocycles. The van der Waals surface area contributed by atoms with E-state index >= 15 is 0 Å². The molecule has 2 heterocycles. The van der Waals surface area contributed by atoms with Gasteiger partial charge in [0.05, 0.1) is 24.7 Å². The lowest BCUT2D eigenvalue weighted by Gasteiger charge is -2.16. The molecule has 0 spiro atoms. The SMILES string of the molecule is CNC(=O)c1cc2c(Oc3ccc(CC(=O)CC4=CC(C(C)(C)C)=NC4)c(Cl)c3)ccnc2cc1OC. The Morgan fingerprint density at radius 1 is 1.08 bits per heavy atom. The zero-order chi connectivity index (χ0) is 26.7. The Morgan fingerprint density at radius 3 is 2.51 bits per heavy atom. The van der Waals surface area contributed by atoms with E-state index in [2.05, 4.69) is 36.1 Å². The number of Topliss-reactive ketones (excluding diaryl/α,β-unsaturated/α-hetero) is 1. The molecule has 0 unspecified atom stereocenters. The first-order chi connectivity index (χ1) is 17.6. The molecule has 37 heavy (non-hydrogen) atoms. The molecule has 1 amide bonds. The van der Waals surface area contributed by atoms with Crippen LogP contribution in [0.2, 0.25) is 5.02 Å². The average Bonchev–Trinajstić information content (AvgIpc) is 3.33. The van der Waals surface area contributed by atoms with Crippen molar-refractivity contribution < 1.29 is 19.1 Å². The van der Waals surface area contributed by atoms with E-state index in [1.807, 2.05) is 6.08 Å². The first kappa shape index (κ1) is 26.4. The van der Waals surface area contributed by atoms with Crippen molar-refractivity contribution in [2.75, 3.05) is 20.7 Å². The third-order valence-electron chi connectivity index (χ3n) is 6.12. The molecule has 0 saturated heterocycles. The van der Waals surface area contributed by atoms with Crippen molar-refractivity contribution in [3.63, 3.8) is 0 Å². The second-order valence-corrected chi connectivity index (χ2v) is 10.4. The number of halogens is 1. The van der Waals surface area contributed by atoms with E-state index in [9.17, 15) is 9.59 Å². The maximum absolute atomic E-state index is 12.7. The van der Waals surface area contributed by atoms with Gasteiger partial charge in [-0.05, 0) is 41.5 Å². The highest BCUT2D eigenvalue weighted by Crippen LogP contribution is 2.34. The molecule has 0 saturated carbocycles. The van der Waals surface area contributed by atoms with Crippen LogP contribution in [0.1, 0.15) is 43.1 Å². The number of benzene rings is 2. The van der Waals surface area contributed by atoms with Gasteiger partial charge >= 0.3 is 0 Å². The van der Waals surface area contributed by atoms with Crippen molar-refractivity contribution in [2.24, 2.45) is 10.4 Å². The van der Waals surface area contributed by atoms with E-state index in [1.54, 1.807) is 49.6 Å². The molecule has 0 radical (unpaired) electrons. The number of aromatic nitrogens is 1. The van der Waals surface area contributed by atoms with E-state index in [1.165, 1.54) is 7.11 Å². The van der Waals surface area contributed by atoms with Crippen LogP contribution in [-0.2, 0) is 11.2 Å². The molecule has 0 atom stereocenters. The average molecular weight is 520 g/mol. The summed E-state index contributed by atoms with van der Waals surface area (Å²) in [5.41, 5.74) is 3.76. The number of nitrogens with zero attached hydrogens (tertiary/aromatic N) is 2. The van der Waals surface area contributed by atoms with Crippen molar-refractivity contribution in [1.82, 2.24) is 10.3 Å². The van der Waals surface area contributed by atoms with Gasteiger partial charge in [-0.15, -0.1) is 0 Å². The van der Waals surface area contributed by atoms with Crippen LogP contribution in [0.5, 0.6) is 17.2 Å². The minimum absolute atomic E-state index is 0.0276. The quantitative estimate of drug-likeness (QED) is 0.395. The van der Waals surface area contributed by atoms with Crippen molar-refractivity contribution in [2.45, 2.75) is 33.6 Å². The minimum Gasteiger partial charge on any atom is -0.496 e. The maximum atomic E-state index is 12.7. The summed E-state index contributed by atoms with van der Waals surface area (Å²) in [6, 6.07) is 10.4. The topological polar surface area (TPSA) is 89.9 Å². The molecule has 192 valence electrons. The predicted octanol–water partition coefficient (Wildman–Crippen LogP) is 5.98. The number of ether oxygens (including phenoxy) is 2. The minimum atomic E-state index is -0.278. The zero-order valence-electron chi connectivity index (χ0n) is 21.6. The highest BCUT2D eigenvalue weighted by Gasteiger charge is 2.22. The Kier molecular flexibility index (Phi) is 7.64. The number of allylic oxidation sites excluding steroid dienone is 1. The number of carbonyl (C=O) groups is 2. The molecule has 8 heteroatoms. The fourth-order valence-electron chi connectivity index (χ4n) is 4.14. The molecular weight excluding hydrogens is 490 g/mol. The first-order valence-corrected chi connectivity index (χ1v) is 12.4. The number of pyridine rings is 1. The van der Waals surface area contributed by atoms with Crippen molar-refractivity contribution >= 4 is 39.9 Å². The van der Waals surface area contributed by atoms with Crippen molar-refractivity contribution in [3.05, 3.63) is 70.4 Å². The number of rotatable bonds is 8. The monoisotopic (exact) mass is 519 g/mol. The second-order valence-electron chi connectivity index (χ2n) is 9.96. The molecule has 0 fully saturated rings. The van der Waals surface area contributed by atoms with Gasteiger partial charge in [-0.2, -0.15) is 0 Å². The number of aliphatic imine (C=N–C) groups is 1. The molecule has 0 aliphatic carbocycles. The normalized spacial score (nSPS) is 13.2. The third-order valence-corrected chi connectivity index (χ3v) is 6.47. The van der Waals surface area contributed by atoms with Crippen LogP contribution < -0.4 is 14.8 Å². The number of amides is 1. The summed E-state index contributed by atoms with van der Waals surface area (Å²) >= 11 is 6.53. The van der Waals surface area contributed by atoms with Crippen LogP contribution in [0.25, 0.3) is 10.9 Å². The van der Waals surface area contributed by atoms with Gasteiger partial charge in [0.15, 0.2) is 0 Å². The maximum Gasteiger partial charge on any atom is 0.254 e. The van der Waals surface area contributed by atoms with Crippen molar-refractivity contribution in [1.29, 1.82) is 0 Å². The molecule has 1 N–H and O–H groups in total. The number of hydrogen-bond donors (Lipinski definition) is 1. The summed E-state index contributed by atoms with van der Waals surface area (Å²) in [4.78, 5) is 34.0. The largest absolute Gasteiger partial charge is 0.496 e. The molecule has 1 aliphatic rings. The van der Waals surface area contributed by atoms with Gasteiger partial charge < -0.3 is 14.8 Å². The summed E-state index contributed by atoms with van der Waals surface area (Å²) < 4.78 is 11.5. The van der Waals surface area contributed by atoms with Crippen LogP contribution in [0, 0.1) is 5.41 Å². The highest BCUT2D eigenvalue weighted by molar-refractivity contribution is 6.31. The van der Waals surface area contributed by atoms with E-state index in [0.717, 1.165) is 16.8 Å².